The molecule has 1 aromatic carbocycles. The zero-order valence-corrected chi connectivity index (χ0v) is 14.8. The highest BCUT2D eigenvalue weighted by atomic mass is 28.3. The van der Waals surface area contributed by atoms with Gasteiger partial charge >= 0.3 is 0 Å². The molecule has 2 rings (SSSR count). The Bertz CT molecular complexity index is 812. The van der Waals surface area contributed by atoms with Crippen molar-refractivity contribution in [2.24, 2.45) is 5.41 Å². The maximum atomic E-state index is 8.77. The lowest BCUT2D eigenvalue weighted by Crippen LogP contribution is -2.41. The van der Waals surface area contributed by atoms with Crippen LogP contribution in [0.5, 0.6) is 0 Å². The molecule has 0 spiro atoms. The standard InChI is InChI=1S/C19H27NSi/c1-19(2,3)13-16-12-17(15-10-8-7-9-11-15)20-14-18(16)21(4,5)6/h7-12,14H,13H2,1-6H3/i7D,8D,9D,13D2. The fraction of sp³-hybridized carbons (Fsp3) is 0.421. The lowest BCUT2D eigenvalue weighted by Gasteiger charge is -2.26. The van der Waals surface area contributed by atoms with Crippen molar-refractivity contribution in [2.75, 3.05) is 0 Å². The summed E-state index contributed by atoms with van der Waals surface area (Å²) in [5.41, 5.74) is 1.16. The topological polar surface area (TPSA) is 12.9 Å². The van der Waals surface area contributed by atoms with Gasteiger partial charge in [0.05, 0.1) is 17.9 Å². The number of benzene rings is 1. The second-order valence-electron chi connectivity index (χ2n) is 7.40. The summed E-state index contributed by atoms with van der Waals surface area (Å²) in [5.74, 6) is 0. The summed E-state index contributed by atoms with van der Waals surface area (Å²) < 4.78 is 41.0. The fourth-order valence-corrected chi connectivity index (χ4v) is 3.57. The smallest absolute Gasteiger partial charge is 0.0799 e. The lowest BCUT2D eigenvalue weighted by atomic mass is 9.88. The summed E-state index contributed by atoms with van der Waals surface area (Å²) in [6.45, 7) is 12.2. The number of nitrogens with zero attached hydrogens (tertiary/aromatic N) is 1. The second-order valence-corrected chi connectivity index (χ2v) is 12.4. The van der Waals surface area contributed by atoms with Crippen molar-refractivity contribution in [3.05, 3.63) is 48.1 Å². The molecule has 0 radical (unpaired) electrons. The Hall–Kier alpha value is -1.41. The Morgan fingerprint density at radius 2 is 1.76 bits per heavy atom. The van der Waals surface area contributed by atoms with Crippen LogP contribution in [0.3, 0.4) is 0 Å². The molecule has 0 atom stereocenters. The molecule has 0 amide bonds. The van der Waals surface area contributed by atoms with E-state index in [1.807, 2.05) is 20.8 Å². The van der Waals surface area contributed by atoms with Gasteiger partial charge in [0, 0.05) is 14.5 Å². The van der Waals surface area contributed by atoms with Crippen LogP contribution in [0.1, 0.15) is 33.2 Å². The monoisotopic (exact) mass is 302 g/mol. The number of hydrogen-bond acceptors (Lipinski definition) is 1. The molecule has 2 aromatic rings. The summed E-state index contributed by atoms with van der Waals surface area (Å²) in [7, 11) is -1.83. The van der Waals surface area contributed by atoms with Crippen LogP contribution in [-0.4, -0.2) is 13.1 Å². The van der Waals surface area contributed by atoms with Gasteiger partial charge in [0.25, 0.3) is 0 Å². The molecule has 2 heteroatoms. The molecular weight excluding hydrogens is 270 g/mol. The molecule has 0 saturated carbocycles. The van der Waals surface area contributed by atoms with Crippen LogP contribution < -0.4 is 5.19 Å². The molecule has 0 aliphatic carbocycles. The molecule has 0 aliphatic rings. The predicted octanol–water partition coefficient (Wildman–Crippen LogP) is 4.88. The third-order valence-corrected chi connectivity index (χ3v) is 5.13. The zero-order chi connectivity index (χ0) is 20.1. The van der Waals surface area contributed by atoms with Crippen molar-refractivity contribution >= 4 is 13.3 Å². The van der Waals surface area contributed by atoms with Crippen molar-refractivity contribution in [1.29, 1.82) is 0 Å². The Balaban J connectivity index is 2.76. The van der Waals surface area contributed by atoms with Gasteiger partial charge in [-0.1, -0.05) is 70.7 Å². The normalized spacial score (nSPS) is 16.6. The van der Waals surface area contributed by atoms with Crippen LogP contribution in [0.4, 0.5) is 0 Å². The van der Waals surface area contributed by atoms with E-state index >= 15 is 0 Å². The van der Waals surface area contributed by atoms with Crippen molar-refractivity contribution < 1.29 is 6.85 Å². The van der Waals surface area contributed by atoms with Gasteiger partial charge in [-0.25, -0.2) is 0 Å². The van der Waals surface area contributed by atoms with Gasteiger partial charge in [-0.2, -0.15) is 0 Å². The largest absolute Gasteiger partial charge is 0.256 e. The first-order valence-electron chi connectivity index (χ1n) is 9.75. The van der Waals surface area contributed by atoms with E-state index in [0.29, 0.717) is 16.8 Å². The van der Waals surface area contributed by atoms with Crippen molar-refractivity contribution in [1.82, 2.24) is 4.98 Å². The van der Waals surface area contributed by atoms with Gasteiger partial charge in [0.1, 0.15) is 0 Å². The lowest BCUT2D eigenvalue weighted by molar-refractivity contribution is 0.412. The summed E-state index contributed by atoms with van der Waals surface area (Å²) in [6.07, 6.45) is 0.214. The van der Waals surface area contributed by atoms with Crippen LogP contribution in [0.25, 0.3) is 11.3 Å². The summed E-state index contributed by atoms with van der Waals surface area (Å²) in [5, 5.41) is 0.982. The number of rotatable bonds is 3. The summed E-state index contributed by atoms with van der Waals surface area (Å²) in [6, 6.07) is 4.66. The highest BCUT2D eigenvalue weighted by Crippen LogP contribution is 2.24. The molecule has 112 valence electrons. The predicted molar refractivity (Wildman–Crippen MR) is 95.8 cm³/mol. The SMILES string of the molecule is [2H]c1cc(-c2cc(C([2H])([2H])C(C)(C)C)c([Si](C)(C)C)cn2)cc([2H])c1[2H]. The first-order chi connectivity index (χ1) is 11.7. The van der Waals surface area contributed by atoms with Crippen LogP contribution in [0.15, 0.2) is 42.5 Å². The number of pyridine rings is 1. The second kappa shape index (κ2) is 5.76. The van der Waals surface area contributed by atoms with Crippen LogP contribution >= 0.6 is 0 Å². The molecule has 21 heavy (non-hydrogen) atoms. The number of aromatic nitrogens is 1. The molecule has 0 aliphatic heterocycles. The van der Waals surface area contributed by atoms with E-state index in [0.717, 1.165) is 5.19 Å². The Morgan fingerprint density at radius 3 is 2.29 bits per heavy atom. The maximum Gasteiger partial charge on any atom is 0.0799 e. The van der Waals surface area contributed by atoms with E-state index in [1.165, 1.54) is 12.1 Å². The Kier molecular flexibility index (Phi) is 2.84. The van der Waals surface area contributed by atoms with E-state index in [2.05, 4.69) is 24.6 Å². The summed E-state index contributed by atoms with van der Waals surface area (Å²) >= 11 is 0. The van der Waals surface area contributed by atoms with Crippen molar-refractivity contribution in [3.63, 3.8) is 0 Å². The first-order valence-corrected chi connectivity index (χ1v) is 10.8. The molecule has 0 bridgehead atoms. The molecule has 0 saturated heterocycles. The third-order valence-electron chi connectivity index (χ3n) is 3.12. The minimum absolute atomic E-state index is 0.0241. The van der Waals surface area contributed by atoms with Crippen LogP contribution in [0, 0.1) is 5.41 Å². The average molecular weight is 303 g/mol. The molecule has 0 unspecified atom stereocenters. The number of hydrogen-bond donors (Lipinski definition) is 0. The fourth-order valence-electron chi connectivity index (χ4n) is 2.18. The first kappa shape index (κ1) is 10.3. The maximum absolute atomic E-state index is 8.77. The van der Waals surface area contributed by atoms with Gasteiger partial charge < -0.3 is 0 Å². The highest BCUT2D eigenvalue weighted by Gasteiger charge is 2.24. The van der Waals surface area contributed by atoms with Gasteiger partial charge in [-0.3, -0.25) is 4.98 Å². The molecule has 0 N–H and O–H groups in total. The minimum atomic E-state index is -1.83. The van der Waals surface area contributed by atoms with Gasteiger partial charge in [0.15, 0.2) is 0 Å². The van der Waals surface area contributed by atoms with Crippen LogP contribution in [-0.2, 0) is 6.37 Å². The molecule has 1 heterocycles. The Morgan fingerprint density at radius 1 is 1.14 bits per heavy atom. The van der Waals surface area contributed by atoms with Crippen LogP contribution in [0.2, 0.25) is 19.6 Å². The molecule has 1 aromatic heterocycles. The van der Waals surface area contributed by atoms with Gasteiger partial charge in [-0.05, 0) is 28.6 Å². The Labute approximate surface area is 137 Å². The molecule has 1 nitrogen and oxygen atoms in total. The average Bonchev–Trinajstić information content (AvgIpc) is 2.49. The zero-order valence-electron chi connectivity index (χ0n) is 18.8. The van der Waals surface area contributed by atoms with Crippen molar-refractivity contribution in [3.8, 4) is 11.3 Å². The van der Waals surface area contributed by atoms with E-state index < -0.39 is 19.9 Å². The van der Waals surface area contributed by atoms with E-state index in [-0.39, 0.29) is 18.1 Å². The van der Waals surface area contributed by atoms with E-state index in [4.69, 9.17) is 6.85 Å². The van der Waals surface area contributed by atoms with Gasteiger partial charge in [-0.15, -0.1) is 0 Å². The molecular formula is C19H27NSi. The van der Waals surface area contributed by atoms with Crippen molar-refractivity contribution in [2.45, 2.75) is 46.8 Å². The summed E-state index contributed by atoms with van der Waals surface area (Å²) in [4.78, 5) is 4.52. The van der Waals surface area contributed by atoms with Gasteiger partial charge in [0.2, 0.25) is 0 Å². The third kappa shape index (κ3) is 4.27. The minimum Gasteiger partial charge on any atom is -0.256 e. The quantitative estimate of drug-likeness (QED) is 0.736. The van der Waals surface area contributed by atoms with E-state index in [1.54, 1.807) is 12.3 Å². The highest BCUT2D eigenvalue weighted by molar-refractivity contribution is 6.89. The van der Waals surface area contributed by atoms with E-state index in [9.17, 15) is 0 Å². The molecule has 0 fully saturated rings.